The SMILES string of the molecule is CCNC/C=C/COC. The quantitative estimate of drug-likeness (QED) is 0.438. The van der Waals surface area contributed by atoms with Crippen molar-refractivity contribution in [2.75, 3.05) is 26.8 Å². The number of likely N-dealkylation sites (N-methyl/N-ethyl adjacent to an activating group) is 1. The van der Waals surface area contributed by atoms with Gasteiger partial charge in [0.1, 0.15) is 0 Å². The van der Waals surface area contributed by atoms with E-state index < -0.39 is 0 Å². The maximum Gasteiger partial charge on any atom is 0.0644 e. The molecule has 0 saturated carbocycles. The average Bonchev–Trinajstić information content (AvgIpc) is 1.89. The van der Waals surface area contributed by atoms with Gasteiger partial charge in [-0.2, -0.15) is 0 Å². The Morgan fingerprint density at radius 2 is 2.22 bits per heavy atom. The van der Waals surface area contributed by atoms with E-state index in [1.807, 2.05) is 6.08 Å². The summed E-state index contributed by atoms with van der Waals surface area (Å²) in [5.41, 5.74) is 0. The fraction of sp³-hybridized carbons (Fsp3) is 0.714. The van der Waals surface area contributed by atoms with Crippen molar-refractivity contribution in [1.82, 2.24) is 5.32 Å². The van der Waals surface area contributed by atoms with Crippen LogP contribution in [-0.2, 0) is 4.74 Å². The minimum atomic E-state index is 0.714. The largest absolute Gasteiger partial charge is 0.381 e. The van der Waals surface area contributed by atoms with Crippen molar-refractivity contribution in [3.63, 3.8) is 0 Å². The van der Waals surface area contributed by atoms with E-state index in [-0.39, 0.29) is 0 Å². The van der Waals surface area contributed by atoms with E-state index in [9.17, 15) is 0 Å². The number of hydrogen-bond acceptors (Lipinski definition) is 2. The minimum absolute atomic E-state index is 0.714. The Morgan fingerprint density at radius 3 is 2.78 bits per heavy atom. The lowest BCUT2D eigenvalue weighted by Gasteiger charge is -1.92. The Morgan fingerprint density at radius 1 is 1.44 bits per heavy atom. The van der Waals surface area contributed by atoms with E-state index in [1.54, 1.807) is 7.11 Å². The molecule has 0 rings (SSSR count). The van der Waals surface area contributed by atoms with Crippen LogP contribution in [0.15, 0.2) is 12.2 Å². The molecule has 54 valence electrons. The zero-order valence-electron chi connectivity index (χ0n) is 6.18. The monoisotopic (exact) mass is 129 g/mol. The number of ether oxygens (including phenoxy) is 1. The number of methoxy groups -OCH3 is 1. The smallest absolute Gasteiger partial charge is 0.0644 e. The van der Waals surface area contributed by atoms with Gasteiger partial charge in [-0.25, -0.2) is 0 Å². The molecule has 0 aliphatic heterocycles. The molecule has 0 fully saturated rings. The molecule has 2 nitrogen and oxygen atoms in total. The highest BCUT2D eigenvalue weighted by atomic mass is 16.5. The third-order valence-electron chi connectivity index (χ3n) is 0.942. The molecule has 0 aliphatic carbocycles. The van der Waals surface area contributed by atoms with E-state index in [1.165, 1.54) is 0 Å². The molecule has 0 aliphatic rings. The second-order valence-electron chi connectivity index (χ2n) is 1.73. The molecular formula is C7H15NO. The molecule has 0 spiro atoms. The molecule has 0 aromatic carbocycles. The zero-order chi connectivity index (χ0) is 6.95. The highest BCUT2D eigenvalue weighted by Gasteiger charge is 1.73. The van der Waals surface area contributed by atoms with E-state index in [0.717, 1.165) is 13.1 Å². The number of nitrogens with one attached hydrogen (secondary N) is 1. The fourth-order valence-corrected chi connectivity index (χ4v) is 0.475. The van der Waals surface area contributed by atoms with Gasteiger partial charge in [0.05, 0.1) is 6.61 Å². The molecule has 0 aromatic rings. The van der Waals surface area contributed by atoms with Crippen molar-refractivity contribution in [2.24, 2.45) is 0 Å². The highest BCUT2D eigenvalue weighted by molar-refractivity contribution is 4.82. The maximum absolute atomic E-state index is 4.81. The summed E-state index contributed by atoms with van der Waals surface area (Å²) in [6.07, 6.45) is 4.07. The van der Waals surface area contributed by atoms with Gasteiger partial charge in [0.15, 0.2) is 0 Å². The lowest BCUT2D eigenvalue weighted by molar-refractivity contribution is 0.233. The van der Waals surface area contributed by atoms with Crippen molar-refractivity contribution in [2.45, 2.75) is 6.92 Å². The van der Waals surface area contributed by atoms with Crippen LogP contribution in [0.5, 0.6) is 0 Å². The first-order chi connectivity index (χ1) is 4.41. The first-order valence-electron chi connectivity index (χ1n) is 3.26. The minimum Gasteiger partial charge on any atom is -0.381 e. The van der Waals surface area contributed by atoms with E-state index in [2.05, 4.69) is 18.3 Å². The van der Waals surface area contributed by atoms with Gasteiger partial charge < -0.3 is 10.1 Å². The summed E-state index contributed by atoms with van der Waals surface area (Å²) in [6.45, 7) is 4.77. The zero-order valence-corrected chi connectivity index (χ0v) is 6.18. The van der Waals surface area contributed by atoms with Crippen LogP contribution in [0, 0.1) is 0 Å². The van der Waals surface area contributed by atoms with Gasteiger partial charge >= 0.3 is 0 Å². The molecule has 0 bridgehead atoms. The van der Waals surface area contributed by atoms with Crippen LogP contribution >= 0.6 is 0 Å². The van der Waals surface area contributed by atoms with Crippen LogP contribution in [0.25, 0.3) is 0 Å². The Kier molecular flexibility index (Phi) is 7.37. The summed E-state index contributed by atoms with van der Waals surface area (Å²) in [5.74, 6) is 0. The van der Waals surface area contributed by atoms with Crippen molar-refractivity contribution in [1.29, 1.82) is 0 Å². The van der Waals surface area contributed by atoms with Crippen molar-refractivity contribution < 1.29 is 4.74 Å². The van der Waals surface area contributed by atoms with Crippen LogP contribution in [0.2, 0.25) is 0 Å². The molecule has 0 unspecified atom stereocenters. The summed E-state index contributed by atoms with van der Waals surface area (Å²) in [5, 5.41) is 3.16. The lowest BCUT2D eigenvalue weighted by atomic mass is 10.5. The highest BCUT2D eigenvalue weighted by Crippen LogP contribution is 1.71. The van der Waals surface area contributed by atoms with Gasteiger partial charge in [-0.05, 0) is 6.54 Å². The number of hydrogen-bond donors (Lipinski definition) is 1. The molecular weight excluding hydrogens is 114 g/mol. The van der Waals surface area contributed by atoms with Crippen LogP contribution in [-0.4, -0.2) is 26.8 Å². The third-order valence-corrected chi connectivity index (χ3v) is 0.942. The van der Waals surface area contributed by atoms with E-state index in [4.69, 9.17) is 4.74 Å². The average molecular weight is 129 g/mol. The lowest BCUT2D eigenvalue weighted by Crippen LogP contribution is -2.11. The van der Waals surface area contributed by atoms with Crippen LogP contribution in [0.1, 0.15) is 6.92 Å². The predicted molar refractivity (Wildman–Crippen MR) is 39.6 cm³/mol. The fourth-order valence-electron chi connectivity index (χ4n) is 0.475. The van der Waals surface area contributed by atoms with Crippen LogP contribution in [0.3, 0.4) is 0 Å². The third kappa shape index (κ3) is 7.66. The molecule has 0 heterocycles. The summed E-state index contributed by atoms with van der Waals surface area (Å²) in [7, 11) is 1.69. The Labute approximate surface area is 56.9 Å². The van der Waals surface area contributed by atoms with Gasteiger partial charge in [-0.15, -0.1) is 0 Å². The molecule has 0 saturated heterocycles. The second-order valence-corrected chi connectivity index (χ2v) is 1.73. The molecule has 0 atom stereocenters. The second kappa shape index (κ2) is 7.66. The molecule has 1 N–H and O–H groups in total. The molecule has 0 aromatic heterocycles. The molecule has 0 amide bonds. The standard InChI is InChI=1S/C7H15NO/c1-3-8-6-4-5-7-9-2/h4-5,8H,3,6-7H2,1-2H3/b5-4+. The topological polar surface area (TPSA) is 21.3 Å². The van der Waals surface area contributed by atoms with Crippen LogP contribution in [0.4, 0.5) is 0 Å². The van der Waals surface area contributed by atoms with E-state index in [0.29, 0.717) is 6.61 Å². The van der Waals surface area contributed by atoms with Crippen molar-refractivity contribution >= 4 is 0 Å². The van der Waals surface area contributed by atoms with Crippen molar-refractivity contribution in [3.05, 3.63) is 12.2 Å². The maximum atomic E-state index is 4.81. The van der Waals surface area contributed by atoms with E-state index >= 15 is 0 Å². The van der Waals surface area contributed by atoms with Gasteiger partial charge in [0.25, 0.3) is 0 Å². The molecule has 2 heteroatoms. The summed E-state index contributed by atoms with van der Waals surface area (Å²) in [4.78, 5) is 0. The molecule has 9 heavy (non-hydrogen) atoms. The Bertz CT molecular complexity index is 71.3. The van der Waals surface area contributed by atoms with Gasteiger partial charge in [0.2, 0.25) is 0 Å². The number of rotatable bonds is 5. The first kappa shape index (κ1) is 8.66. The van der Waals surface area contributed by atoms with Gasteiger partial charge in [-0.1, -0.05) is 19.1 Å². The van der Waals surface area contributed by atoms with Crippen molar-refractivity contribution in [3.8, 4) is 0 Å². The molecule has 0 radical (unpaired) electrons. The van der Waals surface area contributed by atoms with Crippen LogP contribution < -0.4 is 5.32 Å². The van der Waals surface area contributed by atoms with Gasteiger partial charge in [0, 0.05) is 13.7 Å². The summed E-state index contributed by atoms with van der Waals surface area (Å²) >= 11 is 0. The predicted octanol–water partition coefficient (Wildman–Crippen LogP) is 0.798. The Balaban J connectivity index is 2.86. The normalized spacial score (nSPS) is 10.9. The van der Waals surface area contributed by atoms with Gasteiger partial charge in [-0.3, -0.25) is 0 Å². The summed E-state index contributed by atoms with van der Waals surface area (Å²) in [6, 6.07) is 0. The summed E-state index contributed by atoms with van der Waals surface area (Å²) < 4.78 is 4.81. The first-order valence-corrected chi connectivity index (χ1v) is 3.26. The Hall–Kier alpha value is -0.340.